The lowest BCUT2D eigenvalue weighted by atomic mass is 10.1. The number of nitrogens with zero attached hydrogens (tertiary/aromatic N) is 2. The molecule has 0 atom stereocenters. The fourth-order valence-corrected chi connectivity index (χ4v) is 4.38. The van der Waals surface area contributed by atoms with Gasteiger partial charge in [-0.05, 0) is 31.1 Å². The lowest BCUT2D eigenvalue weighted by Crippen LogP contribution is -2.25. The molecule has 1 aliphatic rings. The summed E-state index contributed by atoms with van der Waals surface area (Å²) in [6, 6.07) is 3.70. The first-order valence-electron chi connectivity index (χ1n) is 6.36. The highest BCUT2D eigenvalue weighted by molar-refractivity contribution is 7.91. The zero-order chi connectivity index (χ0) is 14.3. The molecular formula is C12H15N3O3S2. The third-order valence-electron chi connectivity index (χ3n) is 3.64. The summed E-state index contributed by atoms with van der Waals surface area (Å²) in [5.74, 6) is 0.926. The number of imidazole rings is 1. The van der Waals surface area contributed by atoms with Crippen LogP contribution in [0.5, 0.6) is 5.88 Å². The van der Waals surface area contributed by atoms with E-state index in [4.69, 9.17) is 17.0 Å². The van der Waals surface area contributed by atoms with Gasteiger partial charge in [0.2, 0.25) is 5.88 Å². The molecule has 1 N–H and O–H groups in total. The van der Waals surface area contributed by atoms with E-state index in [0.29, 0.717) is 23.5 Å². The Hall–Kier alpha value is -1.41. The van der Waals surface area contributed by atoms with Crippen molar-refractivity contribution in [2.24, 2.45) is 0 Å². The Balaban J connectivity index is 2.07. The molecule has 1 saturated heterocycles. The van der Waals surface area contributed by atoms with Gasteiger partial charge >= 0.3 is 0 Å². The summed E-state index contributed by atoms with van der Waals surface area (Å²) in [4.78, 5) is 7.53. The number of sulfone groups is 1. The Kier molecular flexibility index (Phi) is 3.29. The van der Waals surface area contributed by atoms with E-state index in [1.54, 1.807) is 13.2 Å². The van der Waals surface area contributed by atoms with E-state index in [9.17, 15) is 8.42 Å². The number of hydrogen-bond acceptors (Lipinski definition) is 5. The standard InChI is InChI=1S/C12H15N3O3S2/c1-18-10-3-2-9-11(14-10)15(12(19)13-9)8-4-6-20(16,17)7-5-8/h2-3,8H,4-7H2,1H3,(H,13,19). The molecule has 0 aliphatic carbocycles. The molecule has 20 heavy (non-hydrogen) atoms. The van der Waals surface area contributed by atoms with Gasteiger partial charge in [-0.25, -0.2) is 8.42 Å². The smallest absolute Gasteiger partial charge is 0.215 e. The zero-order valence-electron chi connectivity index (χ0n) is 11.0. The number of rotatable bonds is 2. The normalized spacial score (nSPS) is 19.2. The fourth-order valence-electron chi connectivity index (χ4n) is 2.57. The number of H-pyrrole nitrogens is 1. The van der Waals surface area contributed by atoms with Gasteiger partial charge in [-0.3, -0.25) is 4.57 Å². The van der Waals surface area contributed by atoms with E-state index in [1.807, 2.05) is 10.6 Å². The van der Waals surface area contributed by atoms with Crippen molar-refractivity contribution in [3.05, 3.63) is 16.9 Å². The summed E-state index contributed by atoms with van der Waals surface area (Å²) < 4.78 is 30.7. The average Bonchev–Trinajstić information content (AvgIpc) is 2.74. The lowest BCUT2D eigenvalue weighted by molar-refractivity contribution is 0.397. The molecule has 0 amide bonds. The predicted octanol–water partition coefficient (Wildman–Crippen LogP) is 1.85. The molecule has 3 rings (SSSR count). The minimum absolute atomic E-state index is 0.0689. The van der Waals surface area contributed by atoms with Crippen LogP contribution in [-0.2, 0) is 9.84 Å². The molecule has 1 fully saturated rings. The van der Waals surface area contributed by atoms with Gasteiger partial charge in [-0.15, -0.1) is 0 Å². The highest BCUT2D eigenvalue weighted by Crippen LogP contribution is 2.28. The molecule has 2 aromatic rings. The number of nitrogens with one attached hydrogen (secondary N) is 1. The SMILES string of the molecule is COc1ccc2[nH]c(=S)n(C3CCS(=O)(=O)CC3)c2n1. The number of fused-ring (bicyclic) bond motifs is 1. The molecule has 8 heteroatoms. The van der Waals surface area contributed by atoms with Crippen LogP contribution in [0.2, 0.25) is 0 Å². The van der Waals surface area contributed by atoms with Crippen molar-refractivity contribution in [2.45, 2.75) is 18.9 Å². The molecule has 108 valence electrons. The summed E-state index contributed by atoms with van der Waals surface area (Å²) in [5.41, 5.74) is 1.56. The number of aromatic amines is 1. The van der Waals surface area contributed by atoms with Crippen LogP contribution in [0.4, 0.5) is 0 Å². The van der Waals surface area contributed by atoms with Crippen LogP contribution in [-0.4, -0.2) is 41.6 Å². The molecule has 0 radical (unpaired) electrons. The highest BCUT2D eigenvalue weighted by atomic mass is 32.2. The van der Waals surface area contributed by atoms with E-state index < -0.39 is 9.84 Å². The van der Waals surface area contributed by atoms with Crippen LogP contribution in [0, 0.1) is 4.77 Å². The first-order chi connectivity index (χ1) is 9.50. The number of hydrogen-bond donors (Lipinski definition) is 1. The van der Waals surface area contributed by atoms with Crippen LogP contribution in [0.25, 0.3) is 11.2 Å². The Morgan fingerprint density at radius 3 is 2.75 bits per heavy atom. The zero-order valence-corrected chi connectivity index (χ0v) is 12.6. The van der Waals surface area contributed by atoms with Crippen molar-refractivity contribution < 1.29 is 13.2 Å². The lowest BCUT2D eigenvalue weighted by Gasteiger charge is -2.23. The van der Waals surface area contributed by atoms with Crippen molar-refractivity contribution >= 4 is 33.2 Å². The van der Waals surface area contributed by atoms with E-state index >= 15 is 0 Å². The van der Waals surface area contributed by atoms with E-state index in [-0.39, 0.29) is 17.5 Å². The van der Waals surface area contributed by atoms with Crippen molar-refractivity contribution in [1.29, 1.82) is 0 Å². The fraction of sp³-hybridized carbons (Fsp3) is 0.500. The minimum Gasteiger partial charge on any atom is -0.481 e. The number of aromatic nitrogens is 3. The maximum absolute atomic E-state index is 11.5. The first kappa shape index (κ1) is 13.6. The van der Waals surface area contributed by atoms with Gasteiger partial charge < -0.3 is 9.72 Å². The molecule has 0 unspecified atom stereocenters. The average molecular weight is 313 g/mol. The largest absolute Gasteiger partial charge is 0.481 e. The molecular weight excluding hydrogens is 298 g/mol. The van der Waals surface area contributed by atoms with Gasteiger partial charge in [0.05, 0.1) is 24.1 Å². The number of methoxy groups -OCH3 is 1. The Morgan fingerprint density at radius 1 is 1.40 bits per heavy atom. The van der Waals surface area contributed by atoms with Crippen LogP contribution < -0.4 is 4.74 Å². The molecule has 6 nitrogen and oxygen atoms in total. The third-order valence-corrected chi connectivity index (χ3v) is 5.65. The maximum atomic E-state index is 11.5. The van der Waals surface area contributed by atoms with E-state index in [0.717, 1.165) is 11.2 Å². The van der Waals surface area contributed by atoms with Gasteiger partial charge in [0, 0.05) is 12.1 Å². The van der Waals surface area contributed by atoms with Crippen LogP contribution >= 0.6 is 12.2 Å². The first-order valence-corrected chi connectivity index (χ1v) is 8.59. The van der Waals surface area contributed by atoms with Gasteiger partial charge in [0.25, 0.3) is 0 Å². The van der Waals surface area contributed by atoms with Gasteiger partial charge in [0.15, 0.2) is 10.4 Å². The summed E-state index contributed by atoms with van der Waals surface area (Å²) in [7, 11) is -1.33. The van der Waals surface area contributed by atoms with Gasteiger partial charge in [0.1, 0.15) is 9.84 Å². The topological polar surface area (TPSA) is 77.0 Å². The summed E-state index contributed by atoms with van der Waals surface area (Å²) >= 11 is 5.35. The highest BCUT2D eigenvalue weighted by Gasteiger charge is 2.26. The quantitative estimate of drug-likeness (QED) is 0.856. The predicted molar refractivity (Wildman–Crippen MR) is 78.4 cm³/mol. The molecule has 2 aromatic heterocycles. The van der Waals surface area contributed by atoms with Crippen LogP contribution in [0.15, 0.2) is 12.1 Å². The van der Waals surface area contributed by atoms with Crippen LogP contribution in [0.3, 0.4) is 0 Å². The van der Waals surface area contributed by atoms with Crippen molar-refractivity contribution in [3.8, 4) is 5.88 Å². The van der Waals surface area contributed by atoms with Crippen LogP contribution in [0.1, 0.15) is 18.9 Å². The second kappa shape index (κ2) is 4.85. The summed E-state index contributed by atoms with van der Waals surface area (Å²) in [6.07, 6.45) is 1.14. The molecule has 1 aliphatic heterocycles. The van der Waals surface area contributed by atoms with Crippen molar-refractivity contribution in [3.63, 3.8) is 0 Å². The van der Waals surface area contributed by atoms with Gasteiger partial charge in [-0.1, -0.05) is 0 Å². The third kappa shape index (κ3) is 2.33. The Bertz CT molecular complexity index is 793. The van der Waals surface area contributed by atoms with Crippen molar-refractivity contribution in [2.75, 3.05) is 18.6 Å². The second-order valence-electron chi connectivity index (χ2n) is 4.91. The van der Waals surface area contributed by atoms with Gasteiger partial charge in [-0.2, -0.15) is 4.98 Å². The summed E-state index contributed by atoms with van der Waals surface area (Å²) in [6.45, 7) is 0. The molecule has 0 spiro atoms. The monoisotopic (exact) mass is 313 g/mol. The number of pyridine rings is 1. The maximum Gasteiger partial charge on any atom is 0.215 e. The Labute approximate surface area is 121 Å². The molecule has 3 heterocycles. The molecule has 0 bridgehead atoms. The van der Waals surface area contributed by atoms with Crippen molar-refractivity contribution in [1.82, 2.24) is 14.5 Å². The number of ether oxygens (including phenoxy) is 1. The van der Waals surface area contributed by atoms with E-state index in [1.165, 1.54) is 0 Å². The molecule has 0 saturated carbocycles. The molecule has 0 aromatic carbocycles. The summed E-state index contributed by atoms with van der Waals surface area (Å²) in [5, 5.41) is 0. The Morgan fingerprint density at radius 2 is 2.10 bits per heavy atom. The second-order valence-corrected chi connectivity index (χ2v) is 7.60. The minimum atomic E-state index is -2.89. The van der Waals surface area contributed by atoms with E-state index in [2.05, 4.69) is 9.97 Å².